The molecule has 0 unspecified atom stereocenters. The zero-order valence-corrected chi connectivity index (χ0v) is 30.4. The molecule has 280 valence electrons. The fourth-order valence-corrected chi connectivity index (χ4v) is 5.17. The van der Waals surface area contributed by atoms with E-state index in [9.17, 15) is 19.2 Å². The fraction of sp³-hybridized carbons (Fsp3) is 0.156. The van der Waals surface area contributed by atoms with Gasteiger partial charge in [0.15, 0.2) is 0 Å². The second-order valence-electron chi connectivity index (χ2n) is 12.1. The Morgan fingerprint density at radius 3 is 1.27 bits per heavy atom. The molecule has 55 heavy (non-hydrogen) atoms. The van der Waals surface area contributed by atoms with E-state index in [0.29, 0.717) is 65.7 Å². The smallest absolute Gasteiger partial charge is 0.343 e. The van der Waals surface area contributed by atoms with Crippen molar-refractivity contribution in [3.63, 3.8) is 0 Å². The van der Waals surface area contributed by atoms with Gasteiger partial charge in [0.2, 0.25) is 0 Å². The van der Waals surface area contributed by atoms with Gasteiger partial charge in [0.05, 0.1) is 37.6 Å². The lowest BCUT2D eigenvalue weighted by atomic mass is 10.0. The largest absolute Gasteiger partial charge is 0.493 e. The highest BCUT2D eigenvalue weighted by molar-refractivity contribution is 5.93. The van der Waals surface area contributed by atoms with Crippen LogP contribution < -0.4 is 18.9 Å². The molecule has 0 aliphatic heterocycles. The summed E-state index contributed by atoms with van der Waals surface area (Å²) in [5.74, 6) is 0.0836. The first kappa shape index (κ1) is 39.3. The Bertz CT molecular complexity index is 2100. The van der Waals surface area contributed by atoms with Gasteiger partial charge in [-0.05, 0) is 101 Å². The highest BCUT2D eigenvalue weighted by Gasteiger charge is 2.14. The SMILES string of the molecule is C=CC(=O)OCCCOc1ccc(-c2ccc(C(=O)Oc3ccc(OC(=O)c4ccc(-c5ccc(OCCCOC(=O)C=C)cc5)cc4)c(C)c3)cc2)cc1. The summed E-state index contributed by atoms with van der Waals surface area (Å²) >= 11 is 0. The van der Waals surface area contributed by atoms with Crippen LogP contribution in [0, 0.1) is 6.92 Å². The minimum Gasteiger partial charge on any atom is -0.493 e. The molecule has 0 fully saturated rings. The molecule has 10 heteroatoms. The molecule has 0 heterocycles. The highest BCUT2D eigenvalue weighted by atomic mass is 16.5. The summed E-state index contributed by atoms with van der Waals surface area (Å²) in [6.07, 6.45) is 3.37. The summed E-state index contributed by atoms with van der Waals surface area (Å²) in [5, 5.41) is 0. The Balaban J connectivity index is 1.08. The zero-order valence-electron chi connectivity index (χ0n) is 30.4. The van der Waals surface area contributed by atoms with Crippen LogP contribution in [0.25, 0.3) is 22.3 Å². The lowest BCUT2D eigenvalue weighted by Crippen LogP contribution is -2.10. The molecule has 5 aromatic carbocycles. The number of ether oxygens (including phenoxy) is 6. The summed E-state index contributed by atoms with van der Waals surface area (Å²) in [6, 6.07) is 34.0. The quantitative estimate of drug-likeness (QED) is 0.0373. The monoisotopic (exact) mass is 740 g/mol. The maximum absolute atomic E-state index is 13.0. The maximum atomic E-state index is 13.0. The Kier molecular flexibility index (Phi) is 14.1. The van der Waals surface area contributed by atoms with Crippen molar-refractivity contribution in [2.24, 2.45) is 0 Å². The van der Waals surface area contributed by atoms with Crippen molar-refractivity contribution in [2.75, 3.05) is 26.4 Å². The van der Waals surface area contributed by atoms with Crippen LogP contribution in [0.2, 0.25) is 0 Å². The molecule has 5 aromatic rings. The number of hydrogen-bond acceptors (Lipinski definition) is 10. The van der Waals surface area contributed by atoms with Crippen molar-refractivity contribution in [1.82, 2.24) is 0 Å². The van der Waals surface area contributed by atoms with Crippen molar-refractivity contribution < 1.29 is 47.6 Å². The van der Waals surface area contributed by atoms with Crippen LogP contribution in [0.5, 0.6) is 23.0 Å². The average molecular weight is 741 g/mol. The van der Waals surface area contributed by atoms with Crippen LogP contribution in [0.1, 0.15) is 39.1 Å². The number of esters is 4. The number of carbonyl (C=O) groups is 4. The van der Waals surface area contributed by atoms with Gasteiger partial charge >= 0.3 is 23.9 Å². The third-order valence-electron chi connectivity index (χ3n) is 8.11. The molecular formula is C45H40O10. The van der Waals surface area contributed by atoms with Gasteiger partial charge in [0.25, 0.3) is 0 Å². The van der Waals surface area contributed by atoms with Crippen LogP contribution in [0.3, 0.4) is 0 Å². The predicted octanol–water partition coefficient (Wildman–Crippen LogP) is 8.76. The fourth-order valence-electron chi connectivity index (χ4n) is 5.17. The Morgan fingerprint density at radius 2 is 0.873 bits per heavy atom. The van der Waals surface area contributed by atoms with Gasteiger partial charge < -0.3 is 28.4 Å². The average Bonchev–Trinajstić information content (AvgIpc) is 3.22. The van der Waals surface area contributed by atoms with E-state index in [1.165, 1.54) is 0 Å². The number of carbonyl (C=O) groups excluding carboxylic acids is 4. The summed E-state index contributed by atoms with van der Waals surface area (Å²) < 4.78 is 32.5. The first-order chi connectivity index (χ1) is 26.7. The summed E-state index contributed by atoms with van der Waals surface area (Å²) in [5.41, 5.74) is 5.09. The molecule has 0 aromatic heterocycles. The van der Waals surface area contributed by atoms with Gasteiger partial charge in [0.1, 0.15) is 23.0 Å². The van der Waals surface area contributed by atoms with Crippen LogP contribution in [-0.2, 0) is 19.1 Å². The van der Waals surface area contributed by atoms with Crippen LogP contribution in [0.15, 0.2) is 141 Å². The molecule has 0 bridgehead atoms. The summed E-state index contributed by atoms with van der Waals surface area (Å²) in [7, 11) is 0. The molecule has 0 N–H and O–H groups in total. The number of aryl methyl sites for hydroxylation is 1. The third-order valence-corrected chi connectivity index (χ3v) is 8.11. The standard InChI is InChI=1S/C45H40O10/c1-4-42(46)52-28-6-26-50-38-20-16-34(17-21-38)32-8-12-36(13-9-32)44(48)54-40-24-25-41(31(3)30-40)55-45(49)37-14-10-33(11-15-37)35-18-22-39(23-19-35)51-27-7-29-53-43(47)5-2/h4-5,8-25,30H,1-2,6-7,26-29H2,3H3. The molecule has 0 amide bonds. The molecule has 0 saturated carbocycles. The molecule has 0 spiro atoms. The second kappa shape index (κ2) is 19.8. The topological polar surface area (TPSA) is 124 Å². The van der Waals surface area contributed by atoms with E-state index in [1.54, 1.807) is 49.4 Å². The molecule has 0 radical (unpaired) electrons. The van der Waals surface area contributed by atoms with Gasteiger partial charge in [-0.25, -0.2) is 19.2 Å². The lowest BCUT2D eigenvalue weighted by Gasteiger charge is -2.11. The first-order valence-corrected chi connectivity index (χ1v) is 17.5. The van der Waals surface area contributed by atoms with E-state index < -0.39 is 23.9 Å². The lowest BCUT2D eigenvalue weighted by molar-refractivity contribution is -0.138. The minimum atomic E-state index is -0.524. The normalized spacial score (nSPS) is 10.4. The van der Waals surface area contributed by atoms with E-state index in [2.05, 4.69) is 13.2 Å². The Hall–Kier alpha value is -6.94. The maximum Gasteiger partial charge on any atom is 0.343 e. The molecule has 10 nitrogen and oxygen atoms in total. The van der Waals surface area contributed by atoms with Crippen molar-refractivity contribution in [3.8, 4) is 45.3 Å². The Morgan fingerprint density at radius 1 is 0.491 bits per heavy atom. The highest BCUT2D eigenvalue weighted by Crippen LogP contribution is 2.28. The summed E-state index contributed by atoms with van der Waals surface area (Å²) in [6.45, 7) is 9.80. The van der Waals surface area contributed by atoms with E-state index in [0.717, 1.165) is 34.4 Å². The number of rotatable bonds is 18. The molecule has 0 aliphatic rings. The molecule has 5 rings (SSSR count). The van der Waals surface area contributed by atoms with E-state index >= 15 is 0 Å². The van der Waals surface area contributed by atoms with Gasteiger partial charge in [-0.2, -0.15) is 0 Å². The van der Waals surface area contributed by atoms with Gasteiger partial charge in [0, 0.05) is 25.0 Å². The predicted molar refractivity (Wildman–Crippen MR) is 207 cm³/mol. The van der Waals surface area contributed by atoms with E-state index in [1.807, 2.05) is 72.8 Å². The molecular weight excluding hydrogens is 700 g/mol. The van der Waals surface area contributed by atoms with E-state index in [4.69, 9.17) is 28.4 Å². The molecule has 0 atom stereocenters. The minimum absolute atomic E-state index is 0.257. The van der Waals surface area contributed by atoms with E-state index in [-0.39, 0.29) is 13.2 Å². The van der Waals surface area contributed by atoms with Gasteiger partial charge in [-0.1, -0.05) is 61.7 Å². The zero-order chi connectivity index (χ0) is 39.0. The van der Waals surface area contributed by atoms with Crippen molar-refractivity contribution in [2.45, 2.75) is 19.8 Å². The molecule has 0 aliphatic carbocycles. The van der Waals surface area contributed by atoms with Crippen LogP contribution >= 0.6 is 0 Å². The first-order valence-electron chi connectivity index (χ1n) is 17.5. The Labute approximate surface area is 319 Å². The number of hydrogen-bond donors (Lipinski definition) is 0. The van der Waals surface area contributed by atoms with Crippen molar-refractivity contribution >= 4 is 23.9 Å². The van der Waals surface area contributed by atoms with Gasteiger partial charge in [-0.3, -0.25) is 0 Å². The second-order valence-corrected chi connectivity index (χ2v) is 12.1. The third kappa shape index (κ3) is 11.8. The van der Waals surface area contributed by atoms with Crippen LogP contribution in [-0.4, -0.2) is 50.3 Å². The molecule has 0 saturated heterocycles. The van der Waals surface area contributed by atoms with Gasteiger partial charge in [-0.15, -0.1) is 0 Å². The van der Waals surface area contributed by atoms with Crippen molar-refractivity contribution in [3.05, 3.63) is 157 Å². The van der Waals surface area contributed by atoms with Crippen molar-refractivity contribution in [1.29, 1.82) is 0 Å². The van der Waals surface area contributed by atoms with Crippen LogP contribution in [0.4, 0.5) is 0 Å². The summed E-state index contributed by atoms with van der Waals surface area (Å²) in [4.78, 5) is 48.1. The number of benzene rings is 5.